The molecular weight excluding hydrogens is 701 g/mol. The van der Waals surface area contributed by atoms with Crippen LogP contribution in [0.15, 0.2) is 135 Å². The molecule has 0 aliphatic carbocycles. The second kappa shape index (κ2) is 23.8. The summed E-state index contributed by atoms with van der Waals surface area (Å²) < 4.78 is 7.02. The summed E-state index contributed by atoms with van der Waals surface area (Å²) in [7, 11) is 27.5. The maximum absolute atomic E-state index is 11.7. The van der Waals surface area contributed by atoms with Crippen LogP contribution in [0.1, 0.15) is 22.8 Å². The Morgan fingerprint density at radius 3 is 1.74 bits per heavy atom. The number of carbonyl (C=O) groups excluding carboxylic acids is 1. The fourth-order valence-electron chi connectivity index (χ4n) is 3.77. The lowest BCUT2D eigenvalue weighted by Gasteiger charge is -2.17. The van der Waals surface area contributed by atoms with Gasteiger partial charge in [0, 0.05) is 73.8 Å². The van der Waals surface area contributed by atoms with E-state index in [-0.39, 0.29) is 19.0 Å². The molecule has 1 N–H and O–H groups in total. The molecule has 0 spiro atoms. The summed E-state index contributed by atoms with van der Waals surface area (Å²) in [5, 5.41) is 13.3. The molecule has 0 fully saturated rings. The molecule has 0 aromatic heterocycles. The topological polar surface area (TPSA) is 46.5 Å². The van der Waals surface area contributed by atoms with Gasteiger partial charge in [0.1, 0.15) is 0 Å². The average molecular weight is 726 g/mol. The van der Waals surface area contributed by atoms with Crippen LogP contribution in [0.2, 0.25) is 0 Å². The molecule has 11 radical (unpaired) electrons. The highest BCUT2D eigenvalue weighted by molar-refractivity contribution is 9.10. The number of hydrogen-bond acceptors (Lipinski definition) is 3. The Labute approximate surface area is 303 Å². The van der Waals surface area contributed by atoms with Crippen LogP contribution in [-0.2, 0) is 11.3 Å². The van der Waals surface area contributed by atoms with Gasteiger partial charge in [0.2, 0.25) is 0 Å². The number of fused-ring (bicyclic) bond motifs is 2. The number of hydrogen-bond donors (Lipinski definition) is 1. The van der Waals surface area contributed by atoms with Gasteiger partial charge in [0.25, 0.3) is 0 Å². The van der Waals surface area contributed by atoms with Crippen LogP contribution in [0.3, 0.4) is 0 Å². The molecule has 4 aromatic carbocycles. The van der Waals surface area contributed by atoms with Crippen molar-refractivity contribution < 1.29 is 14.6 Å². The van der Waals surface area contributed by atoms with Crippen LogP contribution in [0.25, 0.3) is 21.5 Å². The van der Waals surface area contributed by atoms with Gasteiger partial charge in [-0.2, -0.15) is 0 Å². The van der Waals surface area contributed by atoms with Gasteiger partial charge >= 0.3 is 5.97 Å². The number of ether oxygens (including phenoxy) is 1. The molecule has 0 saturated heterocycles. The van der Waals surface area contributed by atoms with Crippen molar-refractivity contribution in [3.8, 4) is 0 Å². The lowest BCUT2D eigenvalue weighted by molar-refractivity contribution is 0.0528. The van der Waals surface area contributed by atoms with Gasteiger partial charge in [0.15, 0.2) is 0 Å². The lowest BCUT2D eigenvalue weighted by atomic mass is 8.64. The number of halogens is 2. The van der Waals surface area contributed by atoms with Gasteiger partial charge in [-0.25, -0.2) is 4.79 Å². The third-order valence-corrected chi connectivity index (χ3v) is 6.97. The normalized spacial score (nSPS) is 8.68. The number of aliphatic hydroxyl groups excluding tert-OH is 1. The second-order valence-electron chi connectivity index (χ2n) is 9.24. The van der Waals surface area contributed by atoms with E-state index >= 15 is 0 Å². The zero-order valence-electron chi connectivity index (χ0n) is 26.0. The predicted molar refractivity (Wildman–Crippen MR) is 213 cm³/mol. The highest BCUT2D eigenvalue weighted by Gasteiger charge is 2.18. The van der Waals surface area contributed by atoms with E-state index in [0.29, 0.717) is 12.2 Å². The van der Waals surface area contributed by atoms with Gasteiger partial charge in [-0.1, -0.05) is 85.8 Å². The van der Waals surface area contributed by atoms with Crippen LogP contribution in [0, 0.1) is 0 Å². The van der Waals surface area contributed by atoms with E-state index in [2.05, 4.69) is 85.1 Å². The molecular formula is C33H24B9Br2O3. The average Bonchev–Trinajstić information content (AvgIpc) is 3.05. The first-order valence-electron chi connectivity index (χ1n) is 14.0. The number of benzene rings is 4. The molecule has 47 heavy (non-hydrogen) atoms. The standard InChI is InChI=1S/C13H11BrO2.C11H9BrO.C9H4.B9/c1-2-16-13(15)11-5-3-4-9-6-7-10(14)8-12(9)11;12-10-5-4-8-2-1-3-9(7-13)11(8)6-10;1-3-5-7-9-8-6-4-2;1-6-9(7(2)3)8(4)5/h3-8H,2H2,1H3;1-6,13H,7H2;1-2H2;. The second-order valence-corrected chi connectivity index (χ2v) is 11.1. The Hall–Kier alpha value is -3.43. The summed E-state index contributed by atoms with van der Waals surface area (Å²) >= 11 is 6.82. The number of esters is 1. The van der Waals surface area contributed by atoms with Crippen molar-refractivity contribution in [3.63, 3.8) is 0 Å². The van der Waals surface area contributed by atoms with Crippen LogP contribution >= 0.6 is 31.9 Å². The van der Waals surface area contributed by atoms with Crippen LogP contribution in [0.4, 0.5) is 0 Å². The van der Waals surface area contributed by atoms with Crippen molar-refractivity contribution in [3.05, 3.63) is 146 Å². The number of rotatable bonds is 6. The van der Waals surface area contributed by atoms with Gasteiger partial charge in [-0.15, -0.1) is 0 Å². The predicted octanol–water partition coefficient (Wildman–Crippen LogP) is 5.33. The van der Waals surface area contributed by atoms with E-state index in [1.807, 2.05) is 66.7 Å². The van der Waals surface area contributed by atoms with Crippen molar-refractivity contribution >= 4 is 124 Å². The minimum absolute atomic E-state index is 0.0911. The number of carbonyl (C=O) groups is 1. The third-order valence-electron chi connectivity index (χ3n) is 5.98. The van der Waals surface area contributed by atoms with Crippen molar-refractivity contribution in [1.82, 2.24) is 0 Å². The van der Waals surface area contributed by atoms with Crippen LogP contribution in [0.5, 0.6) is 0 Å². The zero-order chi connectivity index (χ0) is 35.2. The Morgan fingerprint density at radius 1 is 0.809 bits per heavy atom. The van der Waals surface area contributed by atoms with Gasteiger partial charge in [0.05, 0.1) is 18.8 Å². The zero-order valence-corrected chi connectivity index (χ0v) is 29.1. The smallest absolute Gasteiger partial charge is 0.338 e. The largest absolute Gasteiger partial charge is 0.462 e. The molecule has 3 nitrogen and oxygen atoms in total. The third kappa shape index (κ3) is 15.3. The highest BCUT2D eigenvalue weighted by Crippen LogP contribution is 2.24. The summed E-state index contributed by atoms with van der Waals surface area (Å²) in [4.78, 5) is 11.7. The molecule has 0 heterocycles. The van der Waals surface area contributed by atoms with E-state index in [0.717, 1.165) is 36.1 Å². The Morgan fingerprint density at radius 2 is 1.30 bits per heavy atom. The van der Waals surface area contributed by atoms with E-state index in [4.69, 9.17) is 48.5 Å². The Balaban J connectivity index is 0.000000325. The summed E-state index contributed by atoms with van der Waals surface area (Å²) in [6, 6.07) is 23.5. The number of aliphatic hydroxyl groups is 1. The van der Waals surface area contributed by atoms with Gasteiger partial charge in [-0.3, -0.25) is 0 Å². The lowest BCUT2D eigenvalue weighted by Crippen LogP contribution is -2.55. The first-order valence-corrected chi connectivity index (χ1v) is 15.6. The molecule has 0 amide bonds. The molecule has 0 aliphatic rings. The Bertz CT molecular complexity index is 1850. The summed E-state index contributed by atoms with van der Waals surface area (Å²) in [5.74, 6) is -0.272. The SMILES string of the molecule is C=C=C=C=C=C=C=C=C.CCOC(=O)c1cccc2ccc(Br)cc12.OCc1cccc2ccc(Br)cc12.[B][B]B(B([B])[B])B([B])[B]. The van der Waals surface area contributed by atoms with Gasteiger partial charge in [-0.05, 0) is 106 Å². The molecule has 0 aliphatic heterocycles. The summed E-state index contributed by atoms with van der Waals surface area (Å²) in [6.45, 7) is 8.82. The van der Waals surface area contributed by atoms with E-state index < -0.39 is 12.8 Å². The molecule has 4 rings (SSSR count). The minimum Gasteiger partial charge on any atom is -0.462 e. The van der Waals surface area contributed by atoms with Crippen molar-refractivity contribution in [1.29, 1.82) is 0 Å². The van der Waals surface area contributed by atoms with Gasteiger partial charge < -0.3 is 9.84 Å². The Kier molecular flexibility index (Phi) is 21.1. The first kappa shape index (κ1) is 41.6. The monoisotopic (exact) mass is 725 g/mol. The molecule has 0 saturated carbocycles. The van der Waals surface area contributed by atoms with E-state index in [1.54, 1.807) is 13.0 Å². The first-order chi connectivity index (χ1) is 22.5. The molecule has 215 valence electrons. The van der Waals surface area contributed by atoms with Crippen molar-refractivity contribution in [2.24, 2.45) is 0 Å². The van der Waals surface area contributed by atoms with Crippen LogP contribution < -0.4 is 0 Å². The van der Waals surface area contributed by atoms with E-state index in [1.165, 1.54) is 7.06 Å². The molecule has 4 aromatic rings. The molecule has 0 bridgehead atoms. The van der Waals surface area contributed by atoms with Crippen molar-refractivity contribution in [2.75, 3.05) is 6.61 Å². The molecule has 0 unspecified atom stereocenters. The maximum Gasteiger partial charge on any atom is 0.338 e. The summed E-state index contributed by atoms with van der Waals surface area (Å²) in [5.41, 5.74) is 18.6. The molecule has 0 atom stereocenters. The molecule has 14 heteroatoms. The minimum atomic E-state index is -0.574. The van der Waals surface area contributed by atoms with Crippen LogP contribution in [-0.4, -0.2) is 82.6 Å². The highest BCUT2D eigenvalue weighted by atomic mass is 79.9. The maximum atomic E-state index is 11.7. The quantitative estimate of drug-likeness (QED) is 0.166. The fourth-order valence-corrected chi connectivity index (χ4v) is 4.50. The fraction of sp³-hybridized carbons (Fsp3) is 0.0909. The van der Waals surface area contributed by atoms with E-state index in [9.17, 15) is 4.79 Å². The van der Waals surface area contributed by atoms with Crippen molar-refractivity contribution in [2.45, 2.75) is 13.5 Å². The summed E-state index contributed by atoms with van der Waals surface area (Å²) in [6.07, 6.45) is -1.46.